The van der Waals surface area contributed by atoms with E-state index in [9.17, 15) is 9.59 Å². The van der Waals surface area contributed by atoms with Crippen LogP contribution in [0.25, 0.3) is 0 Å². The zero-order valence-corrected chi connectivity index (χ0v) is 18.1. The maximum Gasteiger partial charge on any atom is 0.242 e. The molecule has 0 aliphatic heterocycles. The van der Waals surface area contributed by atoms with Gasteiger partial charge in [-0.1, -0.05) is 55.8 Å². The van der Waals surface area contributed by atoms with Crippen LogP contribution < -0.4 is 10.1 Å². The lowest BCUT2D eigenvalue weighted by molar-refractivity contribution is -0.140. The van der Waals surface area contributed by atoms with Gasteiger partial charge in [0.2, 0.25) is 11.8 Å². The van der Waals surface area contributed by atoms with Gasteiger partial charge in [0.15, 0.2) is 0 Å². The lowest BCUT2D eigenvalue weighted by Gasteiger charge is -2.29. The number of methoxy groups -OCH3 is 1. The molecule has 0 heterocycles. The molecule has 0 fully saturated rings. The molecule has 2 amide bonds. The number of carbonyl (C=O) groups excluding carboxylic acids is 2. The Labute approximate surface area is 174 Å². The summed E-state index contributed by atoms with van der Waals surface area (Å²) in [6.07, 6.45) is 0.262. The Morgan fingerprint density at radius 3 is 2.10 bits per heavy atom. The smallest absolute Gasteiger partial charge is 0.242 e. The predicted molar refractivity (Wildman–Crippen MR) is 116 cm³/mol. The van der Waals surface area contributed by atoms with E-state index in [4.69, 9.17) is 4.74 Å². The summed E-state index contributed by atoms with van der Waals surface area (Å²) in [5, 5.41) is 2.94. The van der Waals surface area contributed by atoms with Gasteiger partial charge >= 0.3 is 0 Å². The van der Waals surface area contributed by atoms with Crippen molar-refractivity contribution in [2.24, 2.45) is 5.92 Å². The molecule has 0 unspecified atom stereocenters. The number of benzene rings is 2. The van der Waals surface area contributed by atoms with Crippen molar-refractivity contribution < 1.29 is 14.3 Å². The quantitative estimate of drug-likeness (QED) is 0.703. The van der Waals surface area contributed by atoms with Crippen LogP contribution in [0.3, 0.4) is 0 Å². The van der Waals surface area contributed by atoms with Gasteiger partial charge in [-0.2, -0.15) is 0 Å². The third-order valence-corrected chi connectivity index (χ3v) is 4.84. The zero-order valence-electron chi connectivity index (χ0n) is 18.1. The largest absolute Gasteiger partial charge is 0.497 e. The molecule has 1 atom stereocenters. The third kappa shape index (κ3) is 6.93. The van der Waals surface area contributed by atoms with E-state index in [1.54, 1.807) is 18.9 Å². The van der Waals surface area contributed by atoms with Crippen LogP contribution in [0.1, 0.15) is 37.5 Å². The fourth-order valence-corrected chi connectivity index (χ4v) is 2.94. The topological polar surface area (TPSA) is 58.6 Å². The third-order valence-electron chi connectivity index (χ3n) is 4.84. The summed E-state index contributed by atoms with van der Waals surface area (Å²) < 4.78 is 5.21. The highest BCUT2D eigenvalue weighted by Gasteiger charge is 2.26. The molecule has 0 aliphatic carbocycles. The van der Waals surface area contributed by atoms with E-state index in [1.165, 1.54) is 0 Å². The highest BCUT2D eigenvalue weighted by molar-refractivity contribution is 5.88. The van der Waals surface area contributed by atoms with E-state index < -0.39 is 6.04 Å². The average Bonchev–Trinajstić information content (AvgIpc) is 2.71. The number of hydrogen-bond acceptors (Lipinski definition) is 3. The Balaban J connectivity index is 2.18. The van der Waals surface area contributed by atoms with Crippen LogP contribution in [-0.2, 0) is 22.6 Å². The number of aryl methyl sites for hydroxylation is 1. The molecule has 5 nitrogen and oxygen atoms in total. The second kappa shape index (κ2) is 10.6. The standard InChI is InChI=1S/C24H32N2O3/c1-17(2)15-25-24(28)19(4)26(16-21-10-12-22(29-5)13-11-21)23(27)14-20-8-6-18(3)7-9-20/h6-13,17,19H,14-16H2,1-5H3,(H,25,28)/t19-/m1/s1. The molecule has 156 valence electrons. The molecule has 0 radical (unpaired) electrons. The second-order valence-corrected chi connectivity index (χ2v) is 7.85. The van der Waals surface area contributed by atoms with Crippen molar-refractivity contribution in [3.05, 3.63) is 65.2 Å². The molecule has 29 heavy (non-hydrogen) atoms. The molecule has 0 bridgehead atoms. The molecule has 5 heteroatoms. The van der Waals surface area contributed by atoms with Crippen LogP contribution in [0.2, 0.25) is 0 Å². The Morgan fingerprint density at radius 1 is 0.966 bits per heavy atom. The van der Waals surface area contributed by atoms with Gasteiger partial charge in [-0.05, 0) is 43.0 Å². The number of rotatable bonds is 9. The minimum absolute atomic E-state index is 0.0723. The molecule has 2 aromatic rings. The van der Waals surface area contributed by atoms with E-state index >= 15 is 0 Å². The number of carbonyl (C=O) groups is 2. The zero-order chi connectivity index (χ0) is 21.4. The predicted octanol–water partition coefficient (Wildman–Crippen LogP) is 3.74. The first-order valence-corrected chi connectivity index (χ1v) is 10.1. The van der Waals surface area contributed by atoms with Crippen LogP contribution in [0.5, 0.6) is 5.75 Å². The molecule has 2 aromatic carbocycles. The SMILES string of the molecule is COc1ccc(CN(C(=O)Cc2ccc(C)cc2)[C@H](C)C(=O)NCC(C)C)cc1. The van der Waals surface area contributed by atoms with E-state index in [2.05, 4.69) is 5.32 Å². The van der Waals surface area contributed by atoms with E-state index in [1.807, 2.05) is 69.3 Å². The normalized spacial score (nSPS) is 11.8. The molecular formula is C24H32N2O3. The van der Waals surface area contributed by atoms with Gasteiger partial charge in [0.1, 0.15) is 11.8 Å². The van der Waals surface area contributed by atoms with Gasteiger partial charge in [0, 0.05) is 13.1 Å². The Hall–Kier alpha value is -2.82. The number of nitrogens with one attached hydrogen (secondary N) is 1. The molecular weight excluding hydrogens is 364 g/mol. The Bertz CT molecular complexity index is 798. The highest BCUT2D eigenvalue weighted by atomic mass is 16.5. The molecule has 0 aromatic heterocycles. The van der Waals surface area contributed by atoms with Gasteiger partial charge < -0.3 is 15.0 Å². The maximum absolute atomic E-state index is 13.1. The van der Waals surface area contributed by atoms with Crippen LogP contribution in [0, 0.1) is 12.8 Å². The summed E-state index contributed by atoms with van der Waals surface area (Å²) in [5.74, 6) is 0.903. The monoisotopic (exact) mass is 396 g/mol. The van der Waals surface area contributed by atoms with Crippen molar-refractivity contribution in [3.63, 3.8) is 0 Å². The maximum atomic E-state index is 13.1. The molecule has 0 spiro atoms. The van der Waals surface area contributed by atoms with Gasteiger partial charge in [-0.25, -0.2) is 0 Å². The first-order valence-electron chi connectivity index (χ1n) is 10.1. The van der Waals surface area contributed by atoms with Crippen LogP contribution >= 0.6 is 0 Å². The summed E-state index contributed by atoms with van der Waals surface area (Å²) in [5.41, 5.74) is 3.04. The summed E-state index contributed by atoms with van der Waals surface area (Å²) in [7, 11) is 1.62. The van der Waals surface area contributed by atoms with Gasteiger partial charge in [-0.3, -0.25) is 9.59 Å². The van der Waals surface area contributed by atoms with Crippen molar-refractivity contribution in [3.8, 4) is 5.75 Å². The summed E-state index contributed by atoms with van der Waals surface area (Å²) in [6, 6.07) is 14.9. The van der Waals surface area contributed by atoms with Crippen molar-refractivity contribution in [2.45, 2.75) is 46.7 Å². The van der Waals surface area contributed by atoms with Crippen molar-refractivity contribution in [1.82, 2.24) is 10.2 Å². The Kier molecular flexibility index (Phi) is 8.25. The van der Waals surface area contributed by atoms with E-state index in [0.29, 0.717) is 19.0 Å². The molecule has 2 rings (SSSR count). The minimum atomic E-state index is -0.561. The first-order chi connectivity index (χ1) is 13.8. The summed E-state index contributed by atoms with van der Waals surface area (Å²) in [4.78, 5) is 27.4. The van der Waals surface area contributed by atoms with Gasteiger partial charge in [-0.15, -0.1) is 0 Å². The number of amides is 2. The molecule has 0 saturated carbocycles. The van der Waals surface area contributed by atoms with Crippen LogP contribution in [0.4, 0.5) is 0 Å². The second-order valence-electron chi connectivity index (χ2n) is 7.85. The lowest BCUT2D eigenvalue weighted by atomic mass is 10.1. The number of ether oxygens (including phenoxy) is 1. The van der Waals surface area contributed by atoms with Crippen LogP contribution in [-0.4, -0.2) is 36.4 Å². The first kappa shape index (κ1) is 22.5. The van der Waals surface area contributed by atoms with E-state index in [0.717, 1.165) is 22.4 Å². The van der Waals surface area contributed by atoms with Gasteiger partial charge in [0.05, 0.1) is 13.5 Å². The fourth-order valence-electron chi connectivity index (χ4n) is 2.94. The van der Waals surface area contributed by atoms with Crippen LogP contribution in [0.15, 0.2) is 48.5 Å². The minimum Gasteiger partial charge on any atom is -0.497 e. The van der Waals surface area contributed by atoms with Crippen molar-refractivity contribution in [1.29, 1.82) is 0 Å². The van der Waals surface area contributed by atoms with E-state index in [-0.39, 0.29) is 18.2 Å². The number of nitrogens with zero attached hydrogens (tertiary/aromatic N) is 1. The highest BCUT2D eigenvalue weighted by Crippen LogP contribution is 2.16. The van der Waals surface area contributed by atoms with Crippen molar-refractivity contribution >= 4 is 11.8 Å². The van der Waals surface area contributed by atoms with Gasteiger partial charge in [0.25, 0.3) is 0 Å². The van der Waals surface area contributed by atoms with Crippen molar-refractivity contribution in [2.75, 3.05) is 13.7 Å². The number of hydrogen-bond donors (Lipinski definition) is 1. The molecule has 0 saturated heterocycles. The Morgan fingerprint density at radius 2 is 1.55 bits per heavy atom. The lowest BCUT2D eigenvalue weighted by Crippen LogP contribution is -2.48. The molecule has 1 N–H and O–H groups in total. The summed E-state index contributed by atoms with van der Waals surface area (Å²) in [6.45, 7) is 8.84. The fraction of sp³-hybridized carbons (Fsp3) is 0.417. The average molecular weight is 397 g/mol. The molecule has 0 aliphatic rings. The summed E-state index contributed by atoms with van der Waals surface area (Å²) >= 11 is 0.